The number of nitrogens with zero attached hydrogens (tertiary/aromatic N) is 1. The van der Waals surface area contributed by atoms with Crippen LogP contribution in [0.4, 0.5) is 0 Å². The zero-order chi connectivity index (χ0) is 15.4. The summed E-state index contributed by atoms with van der Waals surface area (Å²) < 4.78 is 11.1. The van der Waals surface area contributed by atoms with Crippen LogP contribution in [0.15, 0.2) is 30.5 Å². The van der Waals surface area contributed by atoms with Gasteiger partial charge < -0.3 is 15.2 Å². The van der Waals surface area contributed by atoms with Crippen molar-refractivity contribution in [3.63, 3.8) is 0 Å². The maximum atomic E-state index is 7.56. The van der Waals surface area contributed by atoms with E-state index < -0.39 is 0 Å². The van der Waals surface area contributed by atoms with Crippen molar-refractivity contribution in [1.29, 1.82) is 5.41 Å². The molecule has 0 radical (unpaired) electrons. The molecule has 0 unspecified atom stereocenters. The molecule has 3 N–H and O–H groups in total. The number of rotatable bonds is 5. The van der Waals surface area contributed by atoms with Crippen molar-refractivity contribution in [1.82, 2.24) is 4.98 Å². The molecular weight excluding hydrogens is 266 g/mol. The first kappa shape index (κ1) is 14.8. The van der Waals surface area contributed by atoms with E-state index in [0.717, 1.165) is 22.6 Å². The fraction of sp³-hybridized carbons (Fsp3) is 0.250. The van der Waals surface area contributed by atoms with Crippen molar-refractivity contribution < 1.29 is 9.47 Å². The summed E-state index contributed by atoms with van der Waals surface area (Å²) in [7, 11) is 1.64. The van der Waals surface area contributed by atoms with Crippen LogP contribution < -0.4 is 15.2 Å². The SMILES string of the molecule is COc1c(C)cnc(COc2ccccc2C(=N)N)c1C. The third-order valence-corrected chi connectivity index (χ3v) is 3.29. The minimum absolute atomic E-state index is 0.0169. The number of methoxy groups -OCH3 is 1. The first-order valence-electron chi connectivity index (χ1n) is 6.60. The summed E-state index contributed by atoms with van der Waals surface area (Å²) in [5, 5.41) is 7.56. The van der Waals surface area contributed by atoms with Crippen molar-refractivity contribution in [2.45, 2.75) is 20.5 Å². The number of ether oxygens (including phenoxy) is 2. The average Bonchev–Trinajstić information content (AvgIpc) is 2.47. The van der Waals surface area contributed by atoms with E-state index in [-0.39, 0.29) is 5.84 Å². The van der Waals surface area contributed by atoms with Gasteiger partial charge in [0.2, 0.25) is 0 Å². The molecule has 21 heavy (non-hydrogen) atoms. The van der Waals surface area contributed by atoms with Crippen molar-refractivity contribution >= 4 is 5.84 Å². The highest BCUT2D eigenvalue weighted by Crippen LogP contribution is 2.25. The Morgan fingerprint density at radius 2 is 2.00 bits per heavy atom. The molecule has 0 amide bonds. The molecule has 2 rings (SSSR count). The molecule has 0 atom stereocenters. The predicted octanol–water partition coefficient (Wildman–Crippen LogP) is 2.57. The second-order valence-electron chi connectivity index (χ2n) is 4.74. The molecular formula is C16H19N3O2. The highest BCUT2D eigenvalue weighted by Gasteiger charge is 2.11. The minimum atomic E-state index is -0.0169. The molecule has 0 saturated carbocycles. The molecule has 0 bridgehead atoms. The van der Waals surface area contributed by atoms with E-state index in [0.29, 0.717) is 17.9 Å². The zero-order valence-corrected chi connectivity index (χ0v) is 12.4. The standard InChI is InChI=1S/C16H19N3O2/c1-10-8-19-13(11(2)15(10)20-3)9-21-14-7-5-4-6-12(14)16(17)18/h4-8H,9H2,1-3H3,(H3,17,18). The number of amidine groups is 1. The van der Waals surface area contributed by atoms with Crippen LogP contribution in [0, 0.1) is 19.3 Å². The molecule has 0 aliphatic rings. The molecule has 0 fully saturated rings. The number of nitrogens with two attached hydrogens (primary N) is 1. The van der Waals surface area contributed by atoms with E-state index in [4.69, 9.17) is 20.6 Å². The maximum Gasteiger partial charge on any atom is 0.131 e. The second kappa shape index (κ2) is 6.26. The van der Waals surface area contributed by atoms with E-state index in [1.54, 1.807) is 25.4 Å². The molecule has 1 aromatic heterocycles. The minimum Gasteiger partial charge on any atom is -0.496 e. The van der Waals surface area contributed by atoms with Gasteiger partial charge in [-0.15, -0.1) is 0 Å². The predicted molar refractivity (Wildman–Crippen MR) is 82.1 cm³/mol. The smallest absolute Gasteiger partial charge is 0.131 e. The number of aromatic nitrogens is 1. The van der Waals surface area contributed by atoms with Crippen LogP contribution >= 0.6 is 0 Å². The van der Waals surface area contributed by atoms with Crippen molar-refractivity contribution in [2.75, 3.05) is 7.11 Å². The molecule has 5 nitrogen and oxygen atoms in total. The van der Waals surface area contributed by atoms with Gasteiger partial charge in [0.25, 0.3) is 0 Å². The normalized spacial score (nSPS) is 10.2. The lowest BCUT2D eigenvalue weighted by Crippen LogP contribution is -2.13. The number of para-hydroxylation sites is 1. The lowest BCUT2D eigenvalue weighted by atomic mass is 10.1. The van der Waals surface area contributed by atoms with Crippen molar-refractivity contribution in [2.24, 2.45) is 5.73 Å². The molecule has 0 aliphatic carbocycles. The Labute approximate surface area is 124 Å². The number of nitrogen functional groups attached to an aromatic ring is 1. The first-order chi connectivity index (χ1) is 10.0. The summed E-state index contributed by atoms with van der Waals surface area (Å²) in [6.45, 7) is 4.20. The van der Waals surface area contributed by atoms with Crippen molar-refractivity contribution in [3.8, 4) is 11.5 Å². The fourth-order valence-corrected chi connectivity index (χ4v) is 2.18. The molecule has 0 aliphatic heterocycles. The number of pyridine rings is 1. The molecule has 5 heteroatoms. The molecule has 1 heterocycles. The third kappa shape index (κ3) is 3.13. The van der Waals surface area contributed by atoms with E-state index in [1.165, 1.54) is 0 Å². The number of benzene rings is 1. The van der Waals surface area contributed by atoms with Crippen LogP contribution in [0.2, 0.25) is 0 Å². The Bertz CT molecular complexity index is 669. The van der Waals surface area contributed by atoms with Crippen molar-refractivity contribution in [3.05, 3.63) is 52.8 Å². The maximum absolute atomic E-state index is 7.56. The van der Waals surface area contributed by atoms with Crippen LogP contribution in [0.1, 0.15) is 22.4 Å². The Kier molecular flexibility index (Phi) is 4.42. The molecule has 0 spiro atoms. The van der Waals surface area contributed by atoms with E-state index >= 15 is 0 Å². The van der Waals surface area contributed by atoms with Gasteiger partial charge in [-0.05, 0) is 26.0 Å². The molecule has 2 aromatic rings. The first-order valence-corrected chi connectivity index (χ1v) is 6.60. The summed E-state index contributed by atoms with van der Waals surface area (Å²) in [5.74, 6) is 1.38. The van der Waals surface area contributed by atoms with Gasteiger partial charge >= 0.3 is 0 Å². The van der Waals surface area contributed by atoms with Gasteiger partial charge in [-0.3, -0.25) is 10.4 Å². The van der Waals surface area contributed by atoms with Gasteiger partial charge in [0.15, 0.2) is 0 Å². The second-order valence-corrected chi connectivity index (χ2v) is 4.74. The van der Waals surface area contributed by atoms with Gasteiger partial charge in [-0.25, -0.2) is 0 Å². The van der Waals surface area contributed by atoms with Gasteiger partial charge in [-0.2, -0.15) is 0 Å². The van der Waals surface area contributed by atoms with Gasteiger partial charge in [0, 0.05) is 17.3 Å². The summed E-state index contributed by atoms with van der Waals surface area (Å²) in [6, 6.07) is 7.21. The zero-order valence-electron chi connectivity index (χ0n) is 12.4. The van der Waals surface area contributed by atoms with E-state index in [2.05, 4.69) is 4.98 Å². The van der Waals surface area contributed by atoms with Gasteiger partial charge in [0.05, 0.1) is 18.4 Å². The van der Waals surface area contributed by atoms with Crippen LogP contribution in [0.5, 0.6) is 11.5 Å². The topological polar surface area (TPSA) is 81.2 Å². The van der Waals surface area contributed by atoms with Gasteiger partial charge in [0.1, 0.15) is 23.9 Å². The fourth-order valence-electron chi connectivity index (χ4n) is 2.18. The largest absolute Gasteiger partial charge is 0.496 e. The Morgan fingerprint density at radius 3 is 2.67 bits per heavy atom. The monoisotopic (exact) mass is 285 g/mol. The Morgan fingerprint density at radius 1 is 1.29 bits per heavy atom. The molecule has 110 valence electrons. The third-order valence-electron chi connectivity index (χ3n) is 3.29. The van der Waals surface area contributed by atoms with Crippen LogP contribution in [0.25, 0.3) is 0 Å². The van der Waals surface area contributed by atoms with E-state index in [9.17, 15) is 0 Å². The highest BCUT2D eigenvalue weighted by molar-refractivity contribution is 5.97. The number of nitrogens with one attached hydrogen (secondary N) is 1. The van der Waals surface area contributed by atoms with Crippen LogP contribution in [-0.2, 0) is 6.61 Å². The average molecular weight is 285 g/mol. The Balaban J connectivity index is 2.23. The number of hydrogen-bond donors (Lipinski definition) is 2. The highest BCUT2D eigenvalue weighted by atomic mass is 16.5. The lowest BCUT2D eigenvalue weighted by Gasteiger charge is -2.14. The van der Waals surface area contributed by atoms with Crippen LogP contribution in [-0.4, -0.2) is 17.9 Å². The summed E-state index contributed by atoms with van der Waals surface area (Å²) in [5.41, 5.74) is 8.87. The summed E-state index contributed by atoms with van der Waals surface area (Å²) in [4.78, 5) is 4.39. The summed E-state index contributed by atoms with van der Waals surface area (Å²) in [6.07, 6.45) is 1.77. The lowest BCUT2D eigenvalue weighted by molar-refractivity contribution is 0.298. The molecule has 0 saturated heterocycles. The quantitative estimate of drug-likeness (QED) is 0.653. The number of hydrogen-bond acceptors (Lipinski definition) is 4. The van der Waals surface area contributed by atoms with E-state index in [1.807, 2.05) is 26.0 Å². The van der Waals surface area contributed by atoms with Crippen LogP contribution in [0.3, 0.4) is 0 Å². The number of aryl methyl sites for hydroxylation is 1. The Hall–Kier alpha value is -2.56. The summed E-state index contributed by atoms with van der Waals surface area (Å²) >= 11 is 0. The van der Waals surface area contributed by atoms with Gasteiger partial charge in [-0.1, -0.05) is 12.1 Å². The molecule has 1 aromatic carbocycles.